The van der Waals surface area contributed by atoms with Crippen LogP contribution in [0.5, 0.6) is 0 Å². The number of anilines is 2. The molecule has 0 N–H and O–H groups in total. The van der Waals surface area contributed by atoms with Crippen molar-refractivity contribution in [1.29, 1.82) is 0 Å². The summed E-state index contributed by atoms with van der Waals surface area (Å²) < 4.78 is 39.8. The third-order valence-corrected chi connectivity index (χ3v) is 5.47. The monoisotopic (exact) mass is 427 g/mol. The number of hydrogen-bond acceptors (Lipinski definition) is 5. The Hall–Kier alpha value is -3.16. The molecule has 0 unspecified atom stereocenters. The lowest BCUT2D eigenvalue weighted by Gasteiger charge is -2.36. The van der Waals surface area contributed by atoms with Crippen LogP contribution in [0.3, 0.4) is 0 Å². The number of pyridine rings is 1. The van der Waals surface area contributed by atoms with Crippen LogP contribution in [0.4, 0.5) is 24.8 Å². The molecule has 3 heterocycles. The quantitative estimate of drug-likeness (QED) is 0.606. The molecule has 1 fully saturated rings. The minimum absolute atomic E-state index is 0.0819. The van der Waals surface area contributed by atoms with Crippen molar-refractivity contribution in [3.8, 4) is 0 Å². The smallest absolute Gasteiger partial charge is 0.272 e. The Labute approximate surface area is 179 Å². The van der Waals surface area contributed by atoms with Crippen molar-refractivity contribution >= 4 is 11.6 Å². The molecule has 0 saturated carbocycles. The molecule has 3 aromatic rings. The fraction of sp³-hybridized carbons (Fsp3) is 0.348. The molecule has 31 heavy (non-hydrogen) atoms. The lowest BCUT2D eigenvalue weighted by Crippen LogP contribution is -2.47. The van der Waals surface area contributed by atoms with Crippen LogP contribution in [0, 0.1) is 12.7 Å². The maximum Gasteiger partial charge on any atom is 0.272 e. The van der Waals surface area contributed by atoms with E-state index in [9.17, 15) is 13.2 Å². The number of hydrogen-bond donors (Lipinski definition) is 0. The van der Waals surface area contributed by atoms with Gasteiger partial charge in [0.25, 0.3) is 5.92 Å². The van der Waals surface area contributed by atoms with E-state index in [0.29, 0.717) is 25.3 Å². The Kier molecular flexibility index (Phi) is 5.80. The predicted octanol–water partition coefficient (Wildman–Crippen LogP) is 4.35. The maximum atomic E-state index is 13.4. The molecule has 162 valence electrons. The molecule has 8 heteroatoms. The molecule has 1 saturated heterocycles. The summed E-state index contributed by atoms with van der Waals surface area (Å²) in [6, 6.07) is 11.5. The highest BCUT2D eigenvalue weighted by atomic mass is 19.3. The highest BCUT2D eigenvalue weighted by Gasteiger charge is 2.26. The molecule has 0 amide bonds. The van der Waals surface area contributed by atoms with Crippen molar-refractivity contribution in [3.63, 3.8) is 0 Å². The summed E-state index contributed by atoms with van der Waals surface area (Å²) in [5, 5.41) is 8.80. The van der Waals surface area contributed by atoms with Gasteiger partial charge in [0.05, 0.1) is 5.69 Å². The van der Waals surface area contributed by atoms with Gasteiger partial charge in [0, 0.05) is 51.3 Å². The van der Waals surface area contributed by atoms with E-state index in [1.807, 2.05) is 13.0 Å². The Morgan fingerprint density at radius 2 is 1.61 bits per heavy atom. The fourth-order valence-electron chi connectivity index (χ4n) is 3.72. The van der Waals surface area contributed by atoms with Crippen molar-refractivity contribution in [2.24, 2.45) is 0 Å². The van der Waals surface area contributed by atoms with Gasteiger partial charge >= 0.3 is 0 Å². The van der Waals surface area contributed by atoms with Crippen LogP contribution in [0.2, 0.25) is 0 Å². The second-order valence-corrected chi connectivity index (χ2v) is 7.91. The normalized spacial score (nSPS) is 14.7. The van der Waals surface area contributed by atoms with E-state index < -0.39 is 5.92 Å². The van der Waals surface area contributed by atoms with Crippen LogP contribution in [0.15, 0.2) is 48.7 Å². The first kappa shape index (κ1) is 21.1. The summed E-state index contributed by atoms with van der Waals surface area (Å²) in [6.07, 6.45) is 1.85. The zero-order valence-electron chi connectivity index (χ0n) is 17.5. The van der Waals surface area contributed by atoms with Gasteiger partial charge in [0.2, 0.25) is 0 Å². The number of aryl methyl sites for hydroxylation is 1. The van der Waals surface area contributed by atoms with Crippen molar-refractivity contribution in [2.75, 3.05) is 36.0 Å². The van der Waals surface area contributed by atoms with Crippen molar-refractivity contribution in [1.82, 2.24) is 15.2 Å². The van der Waals surface area contributed by atoms with Gasteiger partial charge in [0.1, 0.15) is 11.6 Å². The van der Waals surface area contributed by atoms with E-state index in [1.54, 1.807) is 18.2 Å². The van der Waals surface area contributed by atoms with Gasteiger partial charge in [0.15, 0.2) is 5.82 Å². The summed E-state index contributed by atoms with van der Waals surface area (Å²) in [7, 11) is 0. The minimum atomic E-state index is -2.89. The van der Waals surface area contributed by atoms with Gasteiger partial charge in [-0.05, 0) is 48.4 Å². The number of benzene rings is 1. The molecule has 0 spiro atoms. The third-order valence-electron chi connectivity index (χ3n) is 5.47. The van der Waals surface area contributed by atoms with E-state index in [-0.39, 0.29) is 11.4 Å². The highest BCUT2D eigenvalue weighted by molar-refractivity contribution is 5.49. The van der Waals surface area contributed by atoms with Gasteiger partial charge < -0.3 is 9.80 Å². The first-order valence-corrected chi connectivity index (χ1v) is 10.2. The summed E-state index contributed by atoms with van der Waals surface area (Å²) in [5.74, 6) is -1.60. The summed E-state index contributed by atoms with van der Waals surface area (Å²) in [6.45, 7) is 5.79. The Morgan fingerprint density at radius 1 is 0.935 bits per heavy atom. The predicted molar refractivity (Wildman–Crippen MR) is 114 cm³/mol. The van der Waals surface area contributed by atoms with Crippen LogP contribution < -0.4 is 9.80 Å². The summed E-state index contributed by atoms with van der Waals surface area (Å²) in [4.78, 5) is 8.48. The topological polar surface area (TPSA) is 45.2 Å². The molecule has 4 rings (SSSR count). The average Bonchev–Trinajstić information content (AvgIpc) is 2.75. The highest BCUT2D eigenvalue weighted by Crippen LogP contribution is 2.28. The summed E-state index contributed by atoms with van der Waals surface area (Å²) >= 11 is 0. The van der Waals surface area contributed by atoms with Crippen molar-refractivity contribution in [3.05, 3.63) is 76.9 Å². The zero-order valence-corrected chi connectivity index (χ0v) is 17.5. The number of halogens is 3. The first-order chi connectivity index (χ1) is 14.8. The Balaban J connectivity index is 1.38. The van der Waals surface area contributed by atoms with Gasteiger partial charge in [-0.1, -0.05) is 12.1 Å². The van der Waals surface area contributed by atoms with Crippen LogP contribution in [0.25, 0.3) is 0 Å². The van der Waals surface area contributed by atoms with Gasteiger partial charge in [-0.25, -0.2) is 18.2 Å². The van der Waals surface area contributed by atoms with Gasteiger partial charge in [-0.15, -0.1) is 5.10 Å². The third kappa shape index (κ3) is 4.95. The van der Waals surface area contributed by atoms with Crippen molar-refractivity contribution < 1.29 is 13.2 Å². The fourth-order valence-corrected chi connectivity index (χ4v) is 3.72. The molecule has 1 aliphatic rings. The van der Waals surface area contributed by atoms with Crippen LogP contribution in [-0.4, -0.2) is 41.4 Å². The molecule has 2 aromatic heterocycles. The number of nitrogens with zero attached hydrogens (tertiary/aromatic N) is 5. The van der Waals surface area contributed by atoms with E-state index >= 15 is 0 Å². The number of piperazine rings is 1. The largest absolute Gasteiger partial charge is 0.353 e. The number of alkyl halides is 2. The molecule has 0 atom stereocenters. The Bertz CT molecular complexity index is 1020. The Morgan fingerprint density at radius 3 is 2.19 bits per heavy atom. The minimum Gasteiger partial charge on any atom is -0.353 e. The van der Waals surface area contributed by atoms with Crippen LogP contribution >= 0.6 is 0 Å². The SMILES string of the molecule is Cc1cc(Cc2ccc(F)cc2)nnc1N1CCN(c2ccc(C(C)(F)F)cn2)CC1. The number of aromatic nitrogens is 3. The lowest BCUT2D eigenvalue weighted by atomic mass is 10.1. The molecule has 1 aromatic carbocycles. The van der Waals surface area contributed by atoms with E-state index in [2.05, 4.69) is 25.0 Å². The van der Waals surface area contributed by atoms with Gasteiger partial charge in [-0.2, -0.15) is 5.10 Å². The maximum absolute atomic E-state index is 13.4. The van der Waals surface area contributed by atoms with Crippen LogP contribution in [-0.2, 0) is 12.3 Å². The van der Waals surface area contributed by atoms with Crippen molar-refractivity contribution in [2.45, 2.75) is 26.2 Å². The molecule has 5 nitrogen and oxygen atoms in total. The second kappa shape index (κ2) is 8.53. The molecule has 0 bridgehead atoms. The molecule has 1 aliphatic heterocycles. The van der Waals surface area contributed by atoms with E-state index in [4.69, 9.17) is 0 Å². The van der Waals surface area contributed by atoms with E-state index in [1.165, 1.54) is 24.4 Å². The van der Waals surface area contributed by atoms with Gasteiger partial charge in [-0.3, -0.25) is 0 Å². The molecular weight excluding hydrogens is 403 g/mol. The standard InChI is InChI=1S/C23H24F3N5/c1-16-13-20(14-17-3-6-19(24)7-4-17)28-29-22(16)31-11-9-30(10-12-31)21-8-5-18(15-27-21)23(2,25)26/h3-8,13,15H,9-12,14H2,1-2H3. The van der Waals surface area contributed by atoms with E-state index in [0.717, 1.165) is 42.7 Å². The molecular formula is C23H24F3N5. The van der Waals surface area contributed by atoms with Crippen LogP contribution in [0.1, 0.15) is 29.3 Å². The zero-order chi connectivity index (χ0) is 22.0. The molecule has 0 radical (unpaired) electrons. The average molecular weight is 427 g/mol. The second-order valence-electron chi connectivity index (χ2n) is 7.91. The summed E-state index contributed by atoms with van der Waals surface area (Å²) in [5.41, 5.74) is 2.77. The number of rotatable bonds is 5. The molecule has 0 aliphatic carbocycles. The first-order valence-electron chi connectivity index (χ1n) is 10.2. The lowest BCUT2D eigenvalue weighted by molar-refractivity contribution is 0.0171.